The number of benzene rings is 1. The summed E-state index contributed by atoms with van der Waals surface area (Å²) in [7, 11) is 2.12. The van der Waals surface area contributed by atoms with Crippen LogP contribution in [0.15, 0.2) is 47.3 Å². The second kappa shape index (κ2) is 6.54. The summed E-state index contributed by atoms with van der Waals surface area (Å²) < 4.78 is 1.13. The maximum absolute atomic E-state index is 4.33. The van der Waals surface area contributed by atoms with Gasteiger partial charge in [-0.3, -0.25) is 4.90 Å². The lowest BCUT2D eigenvalue weighted by Crippen LogP contribution is -2.34. The Bertz CT molecular complexity index is 573. The van der Waals surface area contributed by atoms with E-state index in [1.54, 1.807) is 12.5 Å². The van der Waals surface area contributed by atoms with Crippen molar-refractivity contribution in [3.8, 4) is 0 Å². The van der Waals surface area contributed by atoms with E-state index in [2.05, 4.69) is 67.0 Å². The first-order chi connectivity index (χ1) is 10.2. The predicted octanol–water partition coefficient (Wildman–Crippen LogP) is 2.95. The maximum Gasteiger partial charge on any atom is 0.131 e. The molecule has 1 saturated heterocycles. The lowest BCUT2D eigenvalue weighted by molar-refractivity contribution is 0.326. The molecule has 1 fully saturated rings. The lowest BCUT2D eigenvalue weighted by Gasteiger charge is -2.25. The molecule has 1 aliphatic heterocycles. The Labute approximate surface area is 133 Å². The van der Waals surface area contributed by atoms with Crippen LogP contribution in [0.1, 0.15) is 12.0 Å². The Morgan fingerprint density at radius 2 is 2.10 bits per heavy atom. The molecule has 5 heteroatoms. The van der Waals surface area contributed by atoms with Gasteiger partial charge in [-0.2, -0.15) is 0 Å². The molecule has 0 spiro atoms. The van der Waals surface area contributed by atoms with Crippen LogP contribution in [0.3, 0.4) is 0 Å². The van der Waals surface area contributed by atoms with Crippen LogP contribution in [0.25, 0.3) is 0 Å². The van der Waals surface area contributed by atoms with Crippen molar-refractivity contribution in [2.45, 2.75) is 19.0 Å². The van der Waals surface area contributed by atoms with Gasteiger partial charge in [0.15, 0.2) is 0 Å². The van der Waals surface area contributed by atoms with Crippen molar-refractivity contribution in [1.82, 2.24) is 14.9 Å². The highest BCUT2D eigenvalue weighted by atomic mass is 79.9. The normalized spacial score (nSPS) is 18.9. The number of likely N-dealkylation sites (tertiary alicyclic amines) is 1. The number of likely N-dealkylation sites (N-methyl/N-ethyl adjacent to an activating group) is 1. The molecule has 0 radical (unpaired) electrons. The van der Waals surface area contributed by atoms with E-state index in [0.29, 0.717) is 6.04 Å². The molecule has 0 amide bonds. The van der Waals surface area contributed by atoms with Crippen molar-refractivity contribution >= 4 is 21.7 Å². The first-order valence-corrected chi connectivity index (χ1v) is 7.97. The van der Waals surface area contributed by atoms with E-state index in [1.807, 2.05) is 6.07 Å². The third-order valence-electron chi connectivity index (χ3n) is 4.04. The van der Waals surface area contributed by atoms with Crippen molar-refractivity contribution in [3.63, 3.8) is 0 Å². The van der Waals surface area contributed by atoms with Gasteiger partial charge in [-0.25, -0.2) is 9.97 Å². The highest BCUT2D eigenvalue weighted by molar-refractivity contribution is 9.10. The lowest BCUT2D eigenvalue weighted by atomic mass is 10.2. The van der Waals surface area contributed by atoms with Gasteiger partial charge in [0.05, 0.1) is 0 Å². The maximum atomic E-state index is 4.33. The minimum absolute atomic E-state index is 0.523. The number of anilines is 1. The number of aromatic nitrogens is 2. The molecule has 4 nitrogen and oxygen atoms in total. The van der Waals surface area contributed by atoms with Crippen molar-refractivity contribution < 1.29 is 0 Å². The SMILES string of the molecule is CN(c1ccncn1)C1CCN(Cc2ccc(Br)cc2)C1. The molecule has 1 unspecified atom stereocenters. The Morgan fingerprint density at radius 1 is 1.29 bits per heavy atom. The van der Waals surface area contributed by atoms with E-state index < -0.39 is 0 Å². The molecule has 1 atom stereocenters. The minimum atomic E-state index is 0.523. The van der Waals surface area contributed by atoms with E-state index in [-0.39, 0.29) is 0 Å². The average Bonchev–Trinajstić information content (AvgIpc) is 2.98. The van der Waals surface area contributed by atoms with Gasteiger partial charge < -0.3 is 4.90 Å². The highest BCUT2D eigenvalue weighted by Gasteiger charge is 2.26. The summed E-state index contributed by atoms with van der Waals surface area (Å²) in [5.74, 6) is 1.00. The van der Waals surface area contributed by atoms with Crippen LogP contribution in [0.4, 0.5) is 5.82 Å². The molecule has 1 aromatic carbocycles. The smallest absolute Gasteiger partial charge is 0.131 e. The van der Waals surface area contributed by atoms with Gasteiger partial charge >= 0.3 is 0 Å². The van der Waals surface area contributed by atoms with E-state index in [1.165, 1.54) is 12.0 Å². The summed E-state index contributed by atoms with van der Waals surface area (Å²) in [6.45, 7) is 3.23. The molecule has 2 aromatic rings. The molecule has 21 heavy (non-hydrogen) atoms. The molecule has 0 bridgehead atoms. The summed E-state index contributed by atoms with van der Waals surface area (Å²) in [6, 6.07) is 11.1. The third-order valence-corrected chi connectivity index (χ3v) is 4.57. The van der Waals surface area contributed by atoms with Crippen LogP contribution in [-0.2, 0) is 6.54 Å². The zero-order valence-corrected chi connectivity index (χ0v) is 13.7. The van der Waals surface area contributed by atoms with Crippen LogP contribution < -0.4 is 4.90 Å². The minimum Gasteiger partial charge on any atom is -0.355 e. The van der Waals surface area contributed by atoms with Gasteiger partial charge in [-0.05, 0) is 30.2 Å². The number of hydrogen-bond donors (Lipinski definition) is 0. The van der Waals surface area contributed by atoms with E-state index in [0.717, 1.165) is 29.9 Å². The summed E-state index contributed by atoms with van der Waals surface area (Å²) in [5, 5.41) is 0. The van der Waals surface area contributed by atoms with Gasteiger partial charge in [0.1, 0.15) is 12.1 Å². The Hall–Kier alpha value is -1.46. The van der Waals surface area contributed by atoms with Crippen LogP contribution in [0.2, 0.25) is 0 Å². The Morgan fingerprint density at radius 3 is 2.81 bits per heavy atom. The largest absolute Gasteiger partial charge is 0.355 e. The quantitative estimate of drug-likeness (QED) is 0.851. The molecule has 0 aliphatic carbocycles. The van der Waals surface area contributed by atoms with Crippen molar-refractivity contribution in [2.24, 2.45) is 0 Å². The van der Waals surface area contributed by atoms with Gasteiger partial charge in [0.25, 0.3) is 0 Å². The summed E-state index contributed by atoms with van der Waals surface area (Å²) in [4.78, 5) is 13.1. The highest BCUT2D eigenvalue weighted by Crippen LogP contribution is 2.21. The number of hydrogen-bond acceptors (Lipinski definition) is 4. The summed E-state index contributed by atoms with van der Waals surface area (Å²) in [5.41, 5.74) is 1.36. The average molecular weight is 347 g/mol. The number of rotatable bonds is 4. The number of halogens is 1. The van der Waals surface area contributed by atoms with Gasteiger partial charge in [-0.1, -0.05) is 28.1 Å². The third kappa shape index (κ3) is 3.60. The monoisotopic (exact) mass is 346 g/mol. The van der Waals surface area contributed by atoms with Crippen molar-refractivity contribution in [1.29, 1.82) is 0 Å². The fourth-order valence-electron chi connectivity index (χ4n) is 2.80. The van der Waals surface area contributed by atoms with Crippen LogP contribution in [-0.4, -0.2) is 41.0 Å². The van der Waals surface area contributed by atoms with Gasteiger partial charge in [0, 0.05) is 43.4 Å². The van der Waals surface area contributed by atoms with Crippen molar-refractivity contribution in [3.05, 3.63) is 52.9 Å². The second-order valence-electron chi connectivity index (χ2n) is 5.48. The van der Waals surface area contributed by atoms with E-state index >= 15 is 0 Å². The molecule has 0 N–H and O–H groups in total. The van der Waals surface area contributed by atoms with Crippen molar-refractivity contribution in [2.75, 3.05) is 25.0 Å². The molecular weight excluding hydrogens is 328 g/mol. The first-order valence-electron chi connectivity index (χ1n) is 7.18. The van der Waals surface area contributed by atoms with Crippen LogP contribution >= 0.6 is 15.9 Å². The van der Waals surface area contributed by atoms with Gasteiger partial charge in [0.2, 0.25) is 0 Å². The standard InChI is InChI=1S/C16H19BrN4/c1-20(16-6-8-18-12-19-16)15-7-9-21(11-15)10-13-2-4-14(17)5-3-13/h2-6,8,12,15H,7,9-11H2,1H3. The van der Waals surface area contributed by atoms with E-state index in [4.69, 9.17) is 0 Å². The van der Waals surface area contributed by atoms with Crippen LogP contribution in [0, 0.1) is 0 Å². The Kier molecular flexibility index (Phi) is 4.51. The Balaban J connectivity index is 1.59. The molecule has 0 saturated carbocycles. The second-order valence-corrected chi connectivity index (χ2v) is 6.40. The molecule has 3 rings (SSSR count). The predicted molar refractivity (Wildman–Crippen MR) is 88.3 cm³/mol. The molecule has 1 aromatic heterocycles. The van der Waals surface area contributed by atoms with E-state index in [9.17, 15) is 0 Å². The molecule has 110 valence electrons. The van der Waals surface area contributed by atoms with Crippen LogP contribution in [0.5, 0.6) is 0 Å². The molecule has 1 aliphatic rings. The zero-order chi connectivity index (χ0) is 14.7. The first kappa shape index (κ1) is 14.5. The molecular formula is C16H19BrN4. The van der Waals surface area contributed by atoms with Gasteiger partial charge in [-0.15, -0.1) is 0 Å². The number of nitrogens with zero attached hydrogens (tertiary/aromatic N) is 4. The fourth-order valence-corrected chi connectivity index (χ4v) is 3.06. The summed E-state index contributed by atoms with van der Waals surface area (Å²) >= 11 is 3.48. The summed E-state index contributed by atoms with van der Waals surface area (Å²) in [6.07, 6.45) is 4.59. The molecule has 2 heterocycles. The fraction of sp³-hybridized carbons (Fsp3) is 0.375. The topological polar surface area (TPSA) is 32.3 Å². The zero-order valence-electron chi connectivity index (χ0n) is 12.1.